The van der Waals surface area contributed by atoms with Gasteiger partial charge in [-0.15, -0.1) is 0 Å². The molecular formula is C19H20N2O4. The number of carbonyl (C=O) groups excluding carboxylic acids is 2. The lowest BCUT2D eigenvalue weighted by molar-refractivity contribution is 0.0523. The molecule has 25 heavy (non-hydrogen) atoms. The molecule has 0 radical (unpaired) electrons. The highest BCUT2D eigenvalue weighted by Crippen LogP contribution is 2.34. The number of ether oxygens (including phenoxy) is 1. The molecule has 2 heterocycles. The van der Waals surface area contributed by atoms with Gasteiger partial charge in [0.1, 0.15) is 11.3 Å². The Balaban J connectivity index is 2.11. The number of nitrogens with one attached hydrogen (secondary N) is 2. The predicted octanol–water partition coefficient (Wildman–Crippen LogP) is 3.45. The maximum atomic E-state index is 12.3. The number of hydrogen-bond acceptors (Lipinski definition) is 4. The third-order valence-electron chi connectivity index (χ3n) is 4.20. The van der Waals surface area contributed by atoms with E-state index in [0.29, 0.717) is 5.76 Å². The summed E-state index contributed by atoms with van der Waals surface area (Å²) in [4.78, 5) is 27.4. The van der Waals surface area contributed by atoms with E-state index in [4.69, 9.17) is 9.15 Å². The average molecular weight is 340 g/mol. The lowest BCUT2D eigenvalue weighted by Crippen LogP contribution is -2.16. The van der Waals surface area contributed by atoms with Crippen molar-refractivity contribution in [1.29, 1.82) is 0 Å². The molecule has 0 aliphatic carbocycles. The van der Waals surface area contributed by atoms with E-state index >= 15 is 0 Å². The van der Waals surface area contributed by atoms with Crippen molar-refractivity contribution in [3.05, 3.63) is 59.2 Å². The monoisotopic (exact) mass is 340 g/mol. The Hall–Kier alpha value is -3.02. The van der Waals surface area contributed by atoms with Crippen LogP contribution in [-0.2, 0) is 4.74 Å². The first kappa shape index (κ1) is 16.8. The molecular weight excluding hydrogens is 320 g/mol. The van der Waals surface area contributed by atoms with Crippen LogP contribution in [0.1, 0.15) is 52.0 Å². The maximum Gasteiger partial charge on any atom is 0.341 e. The summed E-state index contributed by atoms with van der Waals surface area (Å²) >= 11 is 0. The molecule has 3 rings (SSSR count). The van der Waals surface area contributed by atoms with Crippen LogP contribution in [-0.4, -0.2) is 30.5 Å². The third kappa shape index (κ3) is 3.03. The van der Waals surface area contributed by atoms with E-state index in [0.717, 1.165) is 16.5 Å². The third-order valence-corrected chi connectivity index (χ3v) is 4.20. The average Bonchev–Trinajstić information content (AvgIpc) is 3.27. The molecule has 0 saturated carbocycles. The quantitative estimate of drug-likeness (QED) is 0.697. The zero-order valence-corrected chi connectivity index (χ0v) is 14.4. The van der Waals surface area contributed by atoms with E-state index in [9.17, 15) is 9.59 Å². The van der Waals surface area contributed by atoms with Gasteiger partial charge in [0, 0.05) is 36.1 Å². The van der Waals surface area contributed by atoms with Crippen molar-refractivity contribution in [3.63, 3.8) is 0 Å². The number of amides is 1. The summed E-state index contributed by atoms with van der Waals surface area (Å²) in [6.45, 7) is 3.93. The van der Waals surface area contributed by atoms with Gasteiger partial charge in [-0.3, -0.25) is 4.79 Å². The SMILES string of the molecule is CCOC(=O)c1cc(C(=O)NC)oc1C(C)c1cccc2[nH]ccc12. The van der Waals surface area contributed by atoms with Crippen molar-refractivity contribution < 1.29 is 18.7 Å². The molecule has 0 fully saturated rings. The lowest BCUT2D eigenvalue weighted by Gasteiger charge is -2.13. The highest BCUT2D eigenvalue weighted by atomic mass is 16.5. The summed E-state index contributed by atoms with van der Waals surface area (Å²) in [5, 5.41) is 3.55. The normalized spacial score (nSPS) is 12.1. The molecule has 1 amide bonds. The van der Waals surface area contributed by atoms with Gasteiger partial charge in [-0.05, 0) is 24.6 Å². The molecule has 0 aliphatic rings. The Labute approximate surface area is 145 Å². The molecule has 0 aliphatic heterocycles. The Morgan fingerprint density at radius 2 is 2.12 bits per heavy atom. The van der Waals surface area contributed by atoms with E-state index in [1.807, 2.05) is 37.4 Å². The van der Waals surface area contributed by atoms with Gasteiger partial charge in [0.05, 0.1) is 6.61 Å². The summed E-state index contributed by atoms with van der Waals surface area (Å²) in [5.74, 6) is -0.593. The minimum Gasteiger partial charge on any atom is -0.462 e. The first-order valence-corrected chi connectivity index (χ1v) is 8.15. The molecule has 3 aromatic rings. The first-order chi connectivity index (χ1) is 12.1. The van der Waals surface area contributed by atoms with E-state index in [1.165, 1.54) is 13.1 Å². The van der Waals surface area contributed by atoms with Crippen LogP contribution in [0.15, 0.2) is 40.9 Å². The number of rotatable bonds is 5. The van der Waals surface area contributed by atoms with Crippen LogP contribution in [0.4, 0.5) is 0 Å². The van der Waals surface area contributed by atoms with Crippen molar-refractivity contribution >= 4 is 22.8 Å². The lowest BCUT2D eigenvalue weighted by atomic mass is 9.93. The van der Waals surface area contributed by atoms with Crippen LogP contribution in [0.5, 0.6) is 0 Å². The zero-order valence-electron chi connectivity index (χ0n) is 14.4. The summed E-state index contributed by atoms with van der Waals surface area (Å²) in [5.41, 5.74) is 2.28. The summed E-state index contributed by atoms with van der Waals surface area (Å²) in [6, 6.07) is 9.33. The van der Waals surface area contributed by atoms with Crippen LogP contribution >= 0.6 is 0 Å². The molecule has 0 saturated heterocycles. The molecule has 1 unspecified atom stereocenters. The Morgan fingerprint density at radius 1 is 1.32 bits per heavy atom. The highest BCUT2D eigenvalue weighted by Gasteiger charge is 2.27. The fraction of sp³-hybridized carbons (Fsp3) is 0.263. The molecule has 0 bridgehead atoms. The molecule has 2 N–H and O–H groups in total. The standard InChI is InChI=1S/C19H20N2O4/c1-4-24-19(23)14-10-16(18(22)20-3)25-17(14)11(2)12-6-5-7-15-13(12)8-9-21-15/h5-11,21H,4H2,1-3H3,(H,20,22). The van der Waals surface area contributed by atoms with Gasteiger partial charge in [0.2, 0.25) is 0 Å². The highest BCUT2D eigenvalue weighted by molar-refractivity contribution is 5.97. The second kappa shape index (κ2) is 6.84. The summed E-state index contributed by atoms with van der Waals surface area (Å²) < 4.78 is 10.9. The van der Waals surface area contributed by atoms with E-state index in [2.05, 4.69) is 10.3 Å². The minimum atomic E-state index is -0.496. The number of hydrogen-bond donors (Lipinski definition) is 2. The zero-order chi connectivity index (χ0) is 18.0. The number of carbonyl (C=O) groups is 2. The van der Waals surface area contributed by atoms with Crippen molar-refractivity contribution in [1.82, 2.24) is 10.3 Å². The van der Waals surface area contributed by atoms with Crippen molar-refractivity contribution in [2.75, 3.05) is 13.7 Å². The van der Waals surface area contributed by atoms with Gasteiger partial charge in [-0.25, -0.2) is 4.79 Å². The van der Waals surface area contributed by atoms with Gasteiger partial charge >= 0.3 is 5.97 Å². The fourth-order valence-corrected chi connectivity index (χ4v) is 2.96. The Morgan fingerprint density at radius 3 is 2.84 bits per heavy atom. The molecule has 6 nitrogen and oxygen atoms in total. The number of esters is 1. The number of H-pyrrole nitrogens is 1. The van der Waals surface area contributed by atoms with Crippen LogP contribution in [0.2, 0.25) is 0 Å². The van der Waals surface area contributed by atoms with Gasteiger partial charge in [0.25, 0.3) is 5.91 Å². The number of aromatic nitrogens is 1. The van der Waals surface area contributed by atoms with Crippen LogP contribution in [0.25, 0.3) is 10.9 Å². The second-order valence-corrected chi connectivity index (χ2v) is 5.70. The summed E-state index contributed by atoms with van der Waals surface area (Å²) in [7, 11) is 1.51. The van der Waals surface area contributed by atoms with Crippen molar-refractivity contribution in [3.8, 4) is 0 Å². The molecule has 1 aromatic carbocycles. The molecule has 130 valence electrons. The van der Waals surface area contributed by atoms with Gasteiger partial charge < -0.3 is 19.5 Å². The predicted molar refractivity (Wildman–Crippen MR) is 93.9 cm³/mol. The van der Waals surface area contributed by atoms with Crippen molar-refractivity contribution in [2.45, 2.75) is 19.8 Å². The number of aromatic amines is 1. The van der Waals surface area contributed by atoms with Crippen LogP contribution in [0, 0.1) is 0 Å². The van der Waals surface area contributed by atoms with Gasteiger partial charge in [-0.1, -0.05) is 19.1 Å². The first-order valence-electron chi connectivity index (χ1n) is 8.15. The van der Waals surface area contributed by atoms with E-state index in [1.54, 1.807) is 6.92 Å². The van der Waals surface area contributed by atoms with Crippen LogP contribution in [0.3, 0.4) is 0 Å². The molecule has 2 aromatic heterocycles. The second-order valence-electron chi connectivity index (χ2n) is 5.70. The Bertz CT molecular complexity index is 923. The number of benzene rings is 1. The van der Waals surface area contributed by atoms with Crippen molar-refractivity contribution in [2.24, 2.45) is 0 Å². The smallest absolute Gasteiger partial charge is 0.341 e. The molecule has 0 spiro atoms. The van der Waals surface area contributed by atoms with Crippen LogP contribution < -0.4 is 5.32 Å². The van der Waals surface area contributed by atoms with Gasteiger partial charge in [-0.2, -0.15) is 0 Å². The Kier molecular flexibility index (Phi) is 4.61. The van der Waals surface area contributed by atoms with E-state index < -0.39 is 5.97 Å². The topological polar surface area (TPSA) is 84.3 Å². The summed E-state index contributed by atoms with van der Waals surface area (Å²) in [6.07, 6.45) is 1.87. The largest absolute Gasteiger partial charge is 0.462 e. The number of fused-ring (bicyclic) bond motifs is 1. The minimum absolute atomic E-state index is 0.0913. The maximum absolute atomic E-state index is 12.3. The molecule has 1 atom stereocenters. The molecule has 6 heteroatoms. The van der Waals surface area contributed by atoms with E-state index in [-0.39, 0.29) is 29.8 Å². The van der Waals surface area contributed by atoms with Gasteiger partial charge in [0.15, 0.2) is 5.76 Å². The fourth-order valence-electron chi connectivity index (χ4n) is 2.96. The number of furan rings is 1.